The summed E-state index contributed by atoms with van der Waals surface area (Å²) < 4.78 is 7.11. The molecule has 1 aromatic heterocycles. The molecule has 1 aliphatic heterocycles. The first kappa shape index (κ1) is 17.5. The molecule has 2 heterocycles. The highest BCUT2D eigenvalue weighted by Crippen LogP contribution is 2.22. The van der Waals surface area contributed by atoms with E-state index in [1.54, 1.807) is 7.11 Å². The zero-order chi connectivity index (χ0) is 17.6. The number of likely N-dealkylation sites (tertiary alicyclic amines) is 1. The highest BCUT2D eigenvalue weighted by Gasteiger charge is 2.20. The smallest absolute Gasteiger partial charge is 0.222 e. The number of nitrogens with zero attached hydrogens (tertiary/aromatic N) is 3. The molecule has 1 aromatic carbocycles. The van der Waals surface area contributed by atoms with Gasteiger partial charge in [-0.3, -0.25) is 9.48 Å². The molecule has 0 radical (unpaired) electrons. The fourth-order valence-electron chi connectivity index (χ4n) is 3.38. The Kier molecular flexibility index (Phi) is 5.74. The van der Waals surface area contributed by atoms with Gasteiger partial charge in [-0.15, -0.1) is 0 Å². The van der Waals surface area contributed by atoms with Gasteiger partial charge >= 0.3 is 0 Å². The monoisotopic (exact) mass is 341 g/mol. The fourth-order valence-corrected chi connectivity index (χ4v) is 3.38. The first-order valence-corrected chi connectivity index (χ1v) is 9.10. The van der Waals surface area contributed by atoms with Crippen LogP contribution in [0, 0.1) is 5.92 Å². The van der Waals surface area contributed by atoms with Crippen molar-refractivity contribution in [3.8, 4) is 16.9 Å². The Balaban J connectivity index is 1.49. The molecule has 0 saturated carbocycles. The number of methoxy groups -OCH3 is 1. The summed E-state index contributed by atoms with van der Waals surface area (Å²) in [5.74, 6) is 1.77. The van der Waals surface area contributed by atoms with Crippen LogP contribution in [0.1, 0.15) is 32.6 Å². The quantitative estimate of drug-likeness (QED) is 0.806. The van der Waals surface area contributed by atoms with Crippen LogP contribution in [0.3, 0.4) is 0 Å². The second-order valence-electron chi connectivity index (χ2n) is 6.91. The van der Waals surface area contributed by atoms with Crippen LogP contribution in [0.25, 0.3) is 11.1 Å². The highest BCUT2D eigenvalue weighted by molar-refractivity contribution is 5.76. The molecule has 0 aliphatic carbocycles. The molecule has 1 saturated heterocycles. The van der Waals surface area contributed by atoms with Crippen molar-refractivity contribution in [2.45, 2.75) is 39.2 Å². The molecule has 3 rings (SSSR count). The summed E-state index contributed by atoms with van der Waals surface area (Å²) in [6.07, 6.45) is 7.71. The van der Waals surface area contributed by atoms with Gasteiger partial charge in [-0.1, -0.05) is 19.1 Å². The maximum absolute atomic E-state index is 12.3. The van der Waals surface area contributed by atoms with Gasteiger partial charge < -0.3 is 9.64 Å². The van der Waals surface area contributed by atoms with Gasteiger partial charge in [0.15, 0.2) is 0 Å². The van der Waals surface area contributed by atoms with Crippen molar-refractivity contribution in [2.75, 3.05) is 20.2 Å². The lowest BCUT2D eigenvalue weighted by Crippen LogP contribution is -2.39. The molecule has 25 heavy (non-hydrogen) atoms. The van der Waals surface area contributed by atoms with Crippen LogP contribution in [0.5, 0.6) is 5.75 Å². The molecule has 134 valence electrons. The van der Waals surface area contributed by atoms with Gasteiger partial charge in [0.1, 0.15) is 5.75 Å². The third-order valence-corrected chi connectivity index (χ3v) is 4.84. The maximum atomic E-state index is 12.3. The van der Waals surface area contributed by atoms with Gasteiger partial charge in [-0.05, 0) is 42.9 Å². The molecule has 1 amide bonds. The number of aryl methyl sites for hydroxylation is 1. The molecule has 1 unspecified atom stereocenters. The van der Waals surface area contributed by atoms with E-state index >= 15 is 0 Å². The van der Waals surface area contributed by atoms with Crippen LogP contribution in [0.15, 0.2) is 36.7 Å². The standard InChI is InChI=1S/C20H27N3O2/c1-16-5-3-11-22(14-16)20(24)6-4-12-23-15-18(13-21-23)17-7-9-19(25-2)10-8-17/h7-10,13,15-16H,3-6,11-12,14H2,1-2H3. The number of hydrogen-bond acceptors (Lipinski definition) is 3. The van der Waals surface area contributed by atoms with E-state index in [-0.39, 0.29) is 5.91 Å². The lowest BCUT2D eigenvalue weighted by molar-refractivity contribution is -0.133. The number of amides is 1. The van der Waals surface area contributed by atoms with E-state index in [1.807, 2.05) is 46.2 Å². The minimum atomic E-state index is 0.286. The molecular formula is C20H27N3O2. The molecular weight excluding hydrogens is 314 g/mol. The van der Waals surface area contributed by atoms with Crippen LogP contribution in [0.4, 0.5) is 0 Å². The minimum absolute atomic E-state index is 0.286. The van der Waals surface area contributed by atoms with Crippen LogP contribution >= 0.6 is 0 Å². The van der Waals surface area contributed by atoms with E-state index in [4.69, 9.17) is 4.74 Å². The second-order valence-corrected chi connectivity index (χ2v) is 6.91. The number of aromatic nitrogens is 2. The Hall–Kier alpha value is -2.30. The molecule has 5 nitrogen and oxygen atoms in total. The molecule has 1 aliphatic rings. The molecule has 0 spiro atoms. The van der Waals surface area contributed by atoms with E-state index < -0.39 is 0 Å². The van der Waals surface area contributed by atoms with Crippen LogP contribution in [0.2, 0.25) is 0 Å². The van der Waals surface area contributed by atoms with Crippen molar-refractivity contribution >= 4 is 5.91 Å². The van der Waals surface area contributed by atoms with Crippen molar-refractivity contribution < 1.29 is 9.53 Å². The summed E-state index contributed by atoms with van der Waals surface area (Å²) in [6, 6.07) is 7.96. The predicted molar refractivity (Wildman–Crippen MR) is 98.4 cm³/mol. The van der Waals surface area contributed by atoms with Gasteiger partial charge in [0.05, 0.1) is 13.3 Å². The fraction of sp³-hybridized carbons (Fsp3) is 0.500. The summed E-state index contributed by atoms with van der Waals surface area (Å²) in [6.45, 7) is 4.84. The largest absolute Gasteiger partial charge is 0.497 e. The topological polar surface area (TPSA) is 47.4 Å². The average Bonchev–Trinajstić information content (AvgIpc) is 3.10. The molecule has 1 fully saturated rings. The summed E-state index contributed by atoms with van der Waals surface area (Å²) in [4.78, 5) is 14.3. The Morgan fingerprint density at radius 2 is 2.08 bits per heavy atom. The van der Waals surface area contributed by atoms with Crippen molar-refractivity contribution in [2.24, 2.45) is 5.92 Å². The van der Waals surface area contributed by atoms with Gasteiger partial charge in [0.25, 0.3) is 0 Å². The lowest BCUT2D eigenvalue weighted by Gasteiger charge is -2.31. The van der Waals surface area contributed by atoms with Crippen LogP contribution in [-0.2, 0) is 11.3 Å². The molecule has 0 bridgehead atoms. The zero-order valence-corrected chi connectivity index (χ0v) is 15.1. The SMILES string of the molecule is COc1ccc(-c2cnn(CCCC(=O)N3CCCC(C)C3)c2)cc1. The average molecular weight is 341 g/mol. The number of piperidine rings is 1. The van der Waals surface area contributed by atoms with E-state index in [0.717, 1.165) is 49.4 Å². The number of ether oxygens (including phenoxy) is 1. The van der Waals surface area contributed by atoms with Gasteiger partial charge in [-0.2, -0.15) is 5.10 Å². The van der Waals surface area contributed by atoms with Crippen molar-refractivity contribution in [3.05, 3.63) is 36.7 Å². The van der Waals surface area contributed by atoms with Gasteiger partial charge in [0.2, 0.25) is 5.91 Å². The van der Waals surface area contributed by atoms with Crippen LogP contribution < -0.4 is 4.74 Å². The number of hydrogen-bond donors (Lipinski definition) is 0. The Labute approximate surface area is 149 Å². The third kappa shape index (κ3) is 4.62. The Bertz CT molecular complexity index is 693. The van der Waals surface area contributed by atoms with E-state index in [2.05, 4.69) is 12.0 Å². The van der Waals surface area contributed by atoms with Crippen LogP contribution in [-0.4, -0.2) is 40.8 Å². The molecule has 5 heteroatoms. The molecule has 1 atom stereocenters. The number of carbonyl (C=O) groups is 1. The predicted octanol–water partition coefficient (Wildman–Crippen LogP) is 3.60. The second kappa shape index (κ2) is 8.19. The summed E-state index contributed by atoms with van der Waals surface area (Å²) in [5.41, 5.74) is 2.20. The highest BCUT2D eigenvalue weighted by atomic mass is 16.5. The lowest BCUT2D eigenvalue weighted by atomic mass is 10.00. The molecule has 2 aromatic rings. The van der Waals surface area contributed by atoms with Crippen molar-refractivity contribution in [1.82, 2.24) is 14.7 Å². The number of benzene rings is 1. The number of carbonyl (C=O) groups excluding carboxylic acids is 1. The van der Waals surface area contributed by atoms with E-state index in [1.165, 1.54) is 6.42 Å². The molecule has 0 N–H and O–H groups in total. The normalized spacial score (nSPS) is 17.5. The third-order valence-electron chi connectivity index (χ3n) is 4.84. The maximum Gasteiger partial charge on any atom is 0.222 e. The Morgan fingerprint density at radius 1 is 1.28 bits per heavy atom. The number of rotatable bonds is 6. The summed E-state index contributed by atoms with van der Waals surface area (Å²) in [7, 11) is 1.67. The minimum Gasteiger partial charge on any atom is -0.497 e. The Morgan fingerprint density at radius 3 is 2.80 bits per heavy atom. The van der Waals surface area contributed by atoms with Gasteiger partial charge in [0, 0.05) is 37.8 Å². The first-order valence-electron chi connectivity index (χ1n) is 9.10. The zero-order valence-electron chi connectivity index (χ0n) is 15.1. The van der Waals surface area contributed by atoms with Crippen molar-refractivity contribution in [3.63, 3.8) is 0 Å². The summed E-state index contributed by atoms with van der Waals surface area (Å²) >= 11 is 0. The first-order chi connectivity index (χ1) is 12.2. The van der Waals surface area contributed by atoms with E-state index in [0.29, 0.717) is 12.3 Å². The van der Waals surface area contributed by atoms with E-state index in [9.17, 15) is 4.79 Å². The van der Waals surface area contributed by atoms with Gasteiger partial charge in [-0.25, -0.2) is 0 Å². The summed E-state index contributed by atoms with van der Waals surface area (Å²) in [5, 5.41) is 4.42. The van der Waals surface area contributed by atoms with Crippen molar-refractivity contribution in [1.29, 1.82) is 0 Å².